The molecule has 0 fully saturated rings. The summed E-state index contributed by atoms with van der Waals surface area (Å²) in [5.41, 5.74) is 1.46. The Kier molecular flexibility index (Phi) is 4.50. The van der Waals surface area contributed by atoms with Gasteiger partial charge in [0.25, 0.3) is 0 Å². The Hall–Kier alpha value is -2.43. The Labute approximate surface area is 144 Å². The van der Waals surface area contributed by atoms with Gasteiger partial charge in [-0.15, -0.1) is 0 Å². The van der Waals surface area contributed by atoms with Crippen LogP contribution in [0.4, 0.5) is 13.2 Å². The molecule has 0 amide bonds. The van der Waals surface area contributed by atoms with Gasteiger partial charge >= 0.3 is 6.18 Å². The fourth-order valence-electron chi connectivity index (χ4n) is 3.27. The first kappa shape index (κ1) is 17.4. The van der Waals surface area contributed by atoms with E-state index in [0.29, 0.717) is 24.0 Å². The Morgan fingerprint density at radius 3 is 2.44 bits per heavy atom. The molecule has 0 aliphatic heterocycles. The summed E-state index contributed by atoms with van der Waals surface area (Å²) in [7, 11) is 0. The number of ether oxygens (including phenoxy) is 1. The van der Waals surface area contributed by atoms with Gasteiger partial charge in [-0.3, -0.25) is 0 Å². The van der Waals surface area contributed by atoms with Crippen molar-refractivity contribution in [3.63, 3.8) is 0 Å². The summed E-state index contributed by atoms with van der Waals surface area (Å²) in [6, 6.07) is 8.51. The van der Waals surface area contributed by atoms with Crippen LogP contribution in [-0.4, -0.2) is 5.11 Å². The van der Waals surface area contributed by atoms with Crippen LogP contribution in [-0.2, 0) is 17.3 Å². The molecule has 5 heteroatoms. The van der Waals surface area contributed by atoms with Crippen molar-refractivity contribution < 1.29 is 23.0 Å². The molecule has 0 spiro atoms. The van der Waals surface area contributed by atoms with Crippen molar-refractivity contribution in [3.8, 4) is 16.9 Å². The molecule has 0 heterocycles. The summed E-state index contributed by atoms with van der Waals surface area (Å²) in [5, 5.41) is 9.45. The van der Waals surface area contributed by atoms with E-state index in [1.807, 2.05) is 19.9 Å². The summed E-state index contributed by atoms with van der Waals surface area (Å²) in [6.45, 7) is 3.70. The number of rotatable bonds is 3. The molecule has 25 heavy (non-hydrogen) atoms. The zero-order chi connectivity index (χ0) is 18.2. The van der Waals surface area contributed by atoms with E-state index in [4.69, 9.17) is 4.74 Å². The number of fused-ring (bicyclic) bond motifs is 1. The molecule has 1 aliphatic rings. The van der Waals surface area contributed by atoms with Crippen LogP contribution in [0.3, 0.4) is 0 Å². The molecular formula is C20H19F3O2. The first-order valence-electron chi connectivity index (χ1n) is 8.13. The van der Waals surface area contributed by atoms with E-state index in [-0.39, 0.29) is 17.4 Å². The van der Waals surface area contributed by atoms with E-state index in [0.717, 1.165) is 17.4 Å². The third-order valence-corrected chi connectivity index (χ3v) is 4.55. The minimum absolute atomic E-state index is 0.0230. The maximum atomic E-state index is 13.6. The van der Waals surface area contributed by atoms with E-state index in [1.165, 1.54) is 30.3 Å². The molecule has 0 bridgehead atoms. The van der Waals surface area contributed by atoms with Gasteiger partial charge in [-0.1, -0.05) is 18.2 Å². The van der Waals surface area contributed by atoms with Crippen molar-refractivity contribution in [2.24, 2.45) is 0 Å². The molecule has 0 radical (unpaired) electrons. The van der Waals surface area contributed by atoms with Crippen LogP contribution in [0.1, 0.15) is 43.1 Å². The van der Waals surface area contributed by atoms with Gasteiger partial charge in [-0.2, -0.15) is 13.2 Å². The lowest BCUT2D eigenvalue weighted by Gasteiger charge is -2.19. The molecule has 132 valence electrons. The van der Waals surface area contributed by atoms with Gasteiger partial charge in [0.2, 0.25) is 0 Å². The lowest BCUT2D eigenvalue weighted by Crippen LogP contribution is -2.10. The zero-order valence-electron chi connectivity index (χ0n) is 14.0. The van der Waals surface area contributed by atoms with Crippen LogP contribution < -0.4 is 0 Å². The smallest absolute Gasteiger partial charge is 0.417 e. The SMILES string of the molecule is C/C=C(\C)O[C@@H]1CCc2c1ccc(C(F)(F)F)c2-c1ccc(O)cc1. The predicted molar refractivity (Wildman–Crippen MR) is 90.1 cm³/mol. The molecule has 0 aromatic heterocycles. The Morgan fingerprint density at radius 2 is 1.84 bits per heavy atom. The van der Waals surface area contributed by atoms with Crippen molar-refractivity contribution in [2.45, 2.75) is 39.0 Å². The standard InChI is InChI=1S/C20H19F3O2/c1-3-12(2)25-18-11-9-16-15(18)8-10-17(20(21,22)23)19(16)13-4-6-14(24)7-5-13/h3-8,10,18,24H,9,11H2,1-2H3/b12-3+/t18-/m1/s1. The third-order valence-electron chi connectivity index (χ3n) is 4.55. The van der Waals surface area contributed by atoms with Gasteiger partial charge in [0.1, 0.15) is 11.9 Å². The number of alkyl halides is 3. The second-order valence-corrected chi connectivity index (χ2v) is 6.15. The second-order valence-electron chi connectivity index (χ2n) is 6.15. The molecule has 2 aromatic carbocycles. The third kappa shape index (κ3) is 3.36. The summed E-state index contributed by atoms with van der Waals surface area (Å²) < 4.78 is 46.5. The molecular weight excluding hydrogens is 329 g/mol. The van der Waals surface area contributed by atoms with Crippen LogP contribution in [0.25, 0.3) is 11.1 Å². The molecule has 3 rings (SSSR count). The highest BCUT2D eigenvalue weighted by molar-refractivity contribution is 5.74. The van der Waals surface area contributed by atoms with E-state index in [1.54, 1.807) is 0 Å². The van der Waals surface area contributed by atoms with Crippen LogP contribution in [0.15, 0.2) is 48.2 Å². The van der Waals surface area contributed by atoms with Crippen LogP contribution >= 0.6 is 0 Å². The number of hydrogen-bond acceptors (Lipinski definition) is 2. The highest BCUT2D eigenvalue weighted by Crippen LogP contribution is 2.46. The van der Waals surface area contributed by atoms with Gasteiger partial charge in [-0.25, -0.2) is 0 Å². The van der Waals surface area contributed by atoms with E-state index in [2.05, 4.69) is 0 Å². The van der Waals surface area contributed by atoms with Gasteiger partial charge in [0, 0.05) is 0 Å². The summed E-state index contributed by atoms with van der Waals surface area (Å²) in [4.78, 5) is 0. The zero-order valence-corrected chi connectivity index (χ0v) is 14.0. The first-order valence-corrected chi connectivity index (χ1v) is 8.13. The topological polar surface area (TPSA) is 29.5 Å². The van der Waals surface area contributed by atoms with Gasteiger partial charge < -0.3 is 9.84 Å². The van der Waals surface area contributed by atoms with E-state index >= 15 is 0 Å². The molecule has 0 saturated carbocycles. The minimum Gasteiger partial charge on any atom is -0.508 e. The number of benzene rings is 2. The van der Waals surface area contributed by atoms with Crippen molar-refractivity contribution in [3.05, 3.63) is 64.9 Å². The number of hydrogen-bond donors (Lipinski definition) is 1. The van der Waals surface area contributed by atoms with E-state index < -0.39 is 11.7 Å². The van der Waals surface area contributed by atoms with Crippen molar-refractivity contribution in [2.75, 3.05) is 0 Å². The van der Waals surface area contributed by atoms with Crippen molar-refractivity contribution in [1.82, 2.24) is 0 Å². The predicted octanol–water partition coefficient (Wildman–Crippen LogP) is 6.01. The van der Waals surface area contributed by atoms with Crippen LogP contribution in [0.5, 0.6) is 5.75 Å². The lowest BCUT2D eigenvalue weighted by molar-refractivity contribution is -0.137. The number of allylic oxidation sites excluding steroid dienone is 2. The fraction of sp³-hybridized carbons (Fsp3) is 0.300. The van der Waals surface area contributed by atoms with Gasteiger partial charge in [0.05, 0.1) is 11.3 Å². The fourth-order valence-corrected chi connectivity index (χ4v) is 3.27. The summed E-state index contributed by atoms with van der Waals surface area (Å²) >= 11 is 0. The van der Waals surface area contributed by atoms with Crippen molar-refractivity contribution >= 4 is 0 Å². The molecule has 2 aromatic rings. The summed E-state index contributed by atoms with van der Waals surface area (Å²) in [6.07, 6.45) is -1.67. The second kappa shape index (κ2) is 6.47. The maximum absolute atomic E-state index is 13.6. The Balaban J connectivity index is 2.16. The lowest BCUT2D eigenvalue weighted by atomic mass is 9.91. The van der Waals surface area contributed by atoms with Crippen LogP contribution in [0, 0.1) is 0 Å². The van der Waals surface area contributed by atoms with Crippen LogP contribution in [0.2, 0.25) is 0 Å². The number of phenols is 1. The maximum Gasteiger partial charge on any atom is 0.417 e. The highest BCUT2D eigenvalue weighted by Gasteiger charge is 2.37. The number of aromatic hydroxyl groups is 1. The molecule has 0 unspecified atom stereocenters. The number of halogens is 3. The molecule has 1 N–H and O–H groups in total. The summed E-state index contributed by atoms with van der Waals surface area (Å²) in [5.74, 6) is 0.777. The highest BCUT2D eigenvalue weighted by atomic mass is 19.4. The Morgan fingerprint density at radius 1 is 1.16 bits per heavy atom. The molecule has 1 atom stereocenters. The molecule has 2 nitrogen and oxygen atoms in total. The van der Waals surface area contributed by atoms with E-state index in [9.17, 15) is 18.3 Å². The molecule has 0 saturated heterocycles. The van der Waals surface area contributed by atoms with Gasteiger partial charge in [-0.05, 0) is 73.2 Å². The van der Waals surface area contributed by atoms with Crippen molar-refractivity contribution in [1.29, 1.82) is 0 Å². The average Bonchev–Trinajstić information content (AvgIpc) is 2.97. The first-order chi connectivity index (χ1) is 11.8. The number of phenolic OH excluding ortho intramolecular Hbond substituents is 1. The molecule has 1 aliphatic carbocycles. The minimum atomic E-state index is -4.44. The largest absolute Gasteiger partial charge is 0.508 e. The average molecular weight is 348 g/mol. The Bertz CT molecular complexity index is 805. The quantitative estimate of drug-likeness (QED) is 0.689. The monoisotopic (exact) mass is 348 g/mol. The van der Waals surface area contributed by atoms with Gasteiger partial charge in [0.15, 0.2) is 0 Å². The normalized spacial score (nSPS) is 17.5.